The van der Waals surface area contributed by atoms with E-state index in [-0.39, 0.29) is 16.1 Å². The summed E-state index contributed by atoms with van der Waals surface area (Å²) in [5.74, 6) is -1.15. The van der Waals surface area contributed by atoms with Gasteiger partial charge in [0.05, 0.1) is 15.4 Å². The van der Waals surface area contributed by atoms with E-state index in [1.165, 1.54) is 18.2 Å². The van der Waals surface area contributed by atoms with Crippen molar-refractivity contribution in [2.45, 2.75) is 17.0 Å². The van der Waals surface area contributed by atoms with Gasteiger partial charge in [-0.25, -0.2) is 14.8 Å². The minimum absolute atomic E-state index is 0.0230. The number of benzene rings is 1. The number of nitrogens with zero attached hydrogens (tertiary/aromatic N) is 3. The van der Waals surface area contributed by atoms with Crippen LogP contribution in [0.4, 0.5) is 5.69 Å². The Morgan fingerprint density at radius 3 is 2.55 bits per heavy atom. The largest absolute Gasteiger partial charge is 0.478 e. The van der Waals surface area contributed by atoms with E-state index in [0.29, 0.717) is 5.16 Å². The summed E-state index contributed by atoms with van der Waals surface area (Å²) in [5.41, 5.74) is 0.664. The molecule has 0 radical (unpaired) electrons. The second kappa shape index (κ2) is 5.66. The first-order valence-electron chi connectivity index (χ1n) is 5.45. The van der Waals surface area contributed by atoms with Gasteiger partial charge in [0.1, 0.15) is 0 Å². The predicted molar refractivity (Wildman–Crippen MR) is 70.9 cm³/mol. The molecule has 0 atom stereocenters. The highest BCUT2D eigenvalue weighted by atomic mass is 32.2. The zero-order valence-electron chi connectivity index (χ0n) is 10.3. The number of hydrogen-bond donors (Lipinski definition) is 1. The molecule has 0 aliphatic heterocycles. The molecule has 0 aliphatic rings. The molecule has 7 nitrogen and oxygen atoms in total. The molecule has 8 heteroatoms. The van der Waals surface area contributed by atoms with Crippen molar-refractivity contribution in [1.29, 1.82) is 0 Å². The van der Waals surface area contributed by atoms with Crippen molar-refractivity contribution in [3.8, 4) is 0 Å². The van der Waals surface area contributed by atoms with Gasteiger partial charge < -0.3 is 5.11 Å². The van der Waals surface area contributed by atoms with Gasteiger partial charge in [0.15, 0.2) is 5.16 Å². The van der Waals surface area contributed by atoms with E-state index in [1.54, 1.807) is 12.4 Å². The monoisotopic (exact) mass is 291 g/mol. The summed E-state index contributed by atoms with van der Waals surface area (Å²) in [4.78, 5) is 29.6. The van der Waals surface area contributed by atoms with Crippen LogP contribution in [0.25, 0.3) is 0 Å². The zero-order valence-corrected chi connectivity index (χ0v) is 11.1. The number of carboxylic acid groups (broad SMARTS) is 1. The maximum absolute atomic E-state index is 11.0. The van der Waals surface area contributed by atoms with E-state index in [0.717, 1.165) is 17.3 Å². The molecule has 2 aromatic rings. The highest BCUT2D eigenvalue weighted by molar-refractivity contribution is 7.99. The van der Waals surface area contributed by atoms with Gasteiger partial charge in [0.25, 0.3) is 5.69 Å². The average Bonchev–Trinajstić information content (AvgIpc) is 2.41. The van der Waals surface area contributed by atoms with Crippen molar-refractivity contribution in [2.75, 3.05) is 0 Å². The van der Waals surface area contributed by atoms with Crippen molar-refractivity contribution < 1.29 is 14.8 Å². The number of nitro benzene ring substituents is 1. The van der Waals surface area contributed by atoms with Crippen LogP contribution in [0, 0.1) is 17.0 Å². The van der Waals surface area contributed by atoms with Crippen LogP contribution in [-0.4, -0.2) is 26.0 Å². The van der Waals surface area contributed by atoms with Gasteiger partial charge in [-0.05, 0) is 36.4 Å². The summed E-state index contributed by atoms with van der Waals surface area (Å²) in [5, 5.41) is 20.2. The molecule has 1 N–H and O–H groups in total. The Bertz CT molecular complexity index is 673. The fourth-order valence-corrected chi connectivity index (χ4v) is 2.25. The lowest BCUT2D eigenvalue weighted by Gasteiger charge is -2.03. The molecule has 0 spiro atoms. The number of hydrogen-bond acceptors (Lipinski definition) is 6. The Labute approximate surface area is 117 Å². The molecule has 0 aliphatic carbocycles. The lowest BCUT2D eigenvalue weighted by atomic mass is 10.2. The van der Waals surface area contributed by atoms with Crippen molar-refractivity contribution in [3.63, 3.8) is 0 Å². The molecule has 1 aromatic carbocycles. The molecule has 0 saturated heterocycles. The van der Waals surface area contributed by atoms with E-state index < -0.39 is 10.9 Å². The Morgan fingerprint density at radius 2 is 2.00 bits per heavy atom. The normalized spacial score (nSPS) is 10.2. The molecule has 2 rings (SSSR count). The third-order valence-corrected chi connectivity index (χ3v) is 3.30. The van der Waals surface area contributed by atoms with Crippen molar-refractivity contribution in [1.82, 2.24) is 9.97 Å². The Kier molecular flexibility index (Phi) is 3.94. The molecule has 0 unspecified atom stereocenters. The van der Waals surface area contributed by atoms with Crippen LogP contribution in [0.3, 0.4) is 0 Å². The maximum Gasteiger partial charge on any atom is 0.335 e. The standard InChI is InChI=1S/C12H9N3O4S/c1-7-5-13-12(14-6-7)20-10-4-8(11(16)17)2-3-9(10)15(18)19/h2-6H,1H3,(H,16,17). The molecule has 102 valence electrons. The number of aromatic nitrogens is 2. The van der Waals surface area contributed by atoms with Gasteiger partial charge in [-0.1, -0.05) is 0 Å². The first-order valence-corrected chi connectivity index (χ1v) is 6.27. The molecular formula is C12H9N3O4S. The van der Waals surface area contributed by atoms with Crippen molar-refractivity contribution in [2.24, 2.45) is 0 Å². The van der Waals surface area contributed by atoms with Crippen LogP contribution in [0.5, 0.6) is 0 Å². The fraction of sp³-hybridized carbons (Fsp3) is 0.0833. The number of rotatable bonds is 4. The summed E-state index contributed by atoms with van der Waals surface area (Å²) in [6.45, 7) is 1.82. The summed E-state index contributed by atoms with van der Waals surface area (Å²) in [7, 11) is 0. The first kappa shape index (κ1) is 13.9. The molecule has 0 saturated carbocycles. The topological polar surface area (TPSA) is 106 Å². The van der Waals surface area contributed by atoms with Crippen LogP contribution < -0.4 is 0 Å². The third kappa shape index (κ3) is 3.09. The van der Waals surface area contributed by atoms with Crippen LogP contribution in [0.1, 0.15) is 15.9 Å². The van der Waals surface area contributed by atoms with E-state index >= 15 is 0 Å². The van der Waals surface area contributed by atoms with E-state index in [2.05, 4.69) is 9.97 Å². The Hall–Kier alpha value is -2.48. The van der Waals surface area contributed by atoms with Gasteiger partial charge in [0, 0.05) is 18.5 Å². The van der Waals surface area contributed by atoms with Gasteiger partial charge in [-0.15, -0.1) is 0 Å². The quantitative estimate of drug-likeness (QED) is 0.524. The van der Waals surface area contributed by atoms with E-state index in [4.69, 9.17) is 5.11 Å². The lowest BCUT2D eigenvalue weighted by molar-refractivity contribution is -0.387. The number of carboxylic acids is 1. The molecule has 0 bridgehead atoms. The number of aromatic carboxylic acids is 1. The molecular weight excluding hydrogens is 282 g/mol. The molecule has 0 amide bonds. The van der Waals surface area contributed by atoms with E-state index in [9.17, 15) is 14.9 Å². The lowest BCUT2D eigenvalue weighted by Crippen LogP contribution is -1.99. The number of aryl methyl sites for hydroxylation is 1. The van der Waals surface area contributed by atoms with Gasteiger partial charge in [-0.2, -0.15) is 0 Å². The first-order chi connectivity index (χ1) is 9.47. The maximum atomic E-state index is 11.0. The van der Waals surface area contributed by atoms with Crippen LogP contribution in [0.15, 0.2) is 40.6 Å². The van der Waals surface area contributed by atoms with Crippen LogP contribution in [0.2, 0.25) is 0 Å². The molecule has 20 heavy (non-hydrogen) atoms. The Balaban J connectivity index is 2.41. The average molecular weight is 291 g/mol. The van der Waals surface area contributed by atoms with Gasteiger partial charge >= 0.3 is 5.97 Å². The number of carbonyl (C=O) groups is 1. The smallest absolute Gasteiger partial charge is 0.335 e. The SMILES string of the molecule is Cc1cnc(Sc2cc(C(=O)O)ccc2[N+](=O)[O-])nc1. The Morgan fingerprint density at radius 1 is 1.35 bits per heavy atom. The van der Waals surface area contributed by atoms with Gasteiger partial charge in [-0.3, -0.25) is 10.1 Å². The van der Waals surface area contributed by atoms with Crippen LogP contribution in [-0.2, 0) is 0 Å². The highest BCUT2D eigenvalue weighted by Gasteiger charge is 2.18. The van der Waals surface area contributed by atoms with Gasteiger partial charge in [0.2, 0.25) is 0 Å². The van der Waals surface area contributed by atoms with E-state index in [1.807, 2.05) is 6.92 Å². The molecule has 1 heterocycles. The molecule has 1 aromatic heterocycles. The summed E-state index contributed by atoms with van der Waals surface area (Å²) >= 11 is 0.956. The van der Waals surface area contributed by atoms with Crippen molar-refractivity contribution >= 4 is 23.4 Å². The highest BCUT2D eigenvalue weighted by Crippen LogP contribution is 2.33. The number of nitro groups is 1. The fourth-order valence-electron chi connectivity index (χ4n) is 1.41. The summed E-state index contributed by atoms with van der Waals surface area (Å²) < 4.78 is 0. The van der Waals surface area contributed by atoms with Crippen molar-refractivity contribution in [3.05, 3.63) is 51.8 Å². The van der Waals surface area contributed by atoms with Crippen LogP contribution >= 0.6 is 11.8 Å². The second-order valence-electron chi connectivity index (χ2n) is 3.89. The molecule has 0 fully saturated rings. The minimum Gasteiger partial charge on any atom is -0.478 e. The summed E-state index contributed by atoms with van der Waals surface area (Å²) in [6.07, 6.45) is 3.17. The minimum atomic E-state index is -1.15. The zero-order chi connectivity index (χ0) is 14.7. The predicted octanol–water partition coefficient (Wildman–Crippen LogP) is 2.54. The third-order valence-electron chi connectivity index (χ3n) is 2.36. The summed E-state index contributed by atoms with van der Waals surface area (Å²) in [6, 6.07) is 3.61. The second-order valence-corrected chi connectivity index (χ2v) is 4.90.